The number of hydrogen-bond donors (Lipinski definition) is 1. The number of aliphatic hydroxyl groups excluding tert-OH is 1. The molecule has 19 heavy (non-hydrogen) atoms. The maximum absolute atomic E-state index is 13.7. The van der Waals surface area contributed by atoms with Gasteiger partial charge in [-0.2, -0.15) is 0 Å². The number of ether oxygens (including phenoxy) is 1. The van der Waals surface area contributed by atoms with Gasteiger partial charge in [-0.15, -0.1) is 0 Å². The molecule has 1 aromatic rings. The smallest absolute Gasteiger partial charge is 0.142 e. The topological polar surface area (TPSA) is 29.5 Å². The first-order valence-corrected chi connectivity index (χ1v) is 6.75. The van der Waals surface area contributed by atoms with E-state index in [1.165, 1.54) is 18.9 Å². The van der Waals surface area contributed by atoms with E-state index in [2.05, 4.69) is 18.8 Å². The van der Waals surface area contributed by atoms with Crippen LogP contribution >= 0.6 is 0 Å². The number of benzene rings is 1. The van der Waals surface area contributed by atoms with Gasteiger partial charge < -0.3 is 9.84 Å². The molecule has 1 saturated carbocycles. The lowest BCUT2D eigenvalue weighted by Gasteiger charge is -2.26. The summed E-state index contributed by atoms with van der Waals surface area (Å²) < 4.78 is 19.5. The summed E-state index contributed by atoms with van der Waals surface area (Å²) in [4.78, 5) is 0. The Labute approximate surface area is 113 Å². The molecule has 0 heterocycles. The fraction of sp³-hybridized carbons (Fsp3) is 0.500. The summed E-state index contributed by atoms with van der Waals surface area (Å²) in [5, 5.41) is 8.59. The summed E-state index contributed by atoms with van der Waals surface area (Å²) in [6.07, 6.45) is 4.62. The van der Waals surface area contributed by atoms with Crippen molar-refractivity contribution < 1.29 is 14.2 Å². The summed E-state index contributed by atoms with van der Waals surface area (Å²) >= 11 is 0. The van der Waals surface area contributed by atoms with Crippen molar-refractivity contribution in [1.29, 1.82) is 0 Å². The highest BCUT2D eigenvalue weighted by molar-refractivity contribution is 5.39. The summed E-state index contributed by atoms with van der Waals surface area (Å²) in [7, 11) is 0. The lowest BCUT2D eigenvalue weighted by atomic mass is 9.89. The first-order chi connectivity index (χ1) is 9.19. The Morgan fingerprint density at radius 3 is 2.68 bits per heavy atom. The van der Waals surface area contributed by atoms with Gasteiger partial charge in [0.05, 0.1) is 11.7 Å². The van der Waals surface area contributed by atoms with E-state index >= 15 is 0 Å². The predicted octanol–water partition coefficient (Wildman–Crippen LogP) is 3.13. The summed E-state index contributed by atoms with van der Waals surface area (Å²) in [5.41, 5.74) is 0.290. The summed E-state index contributed by atoms with van der Waals surface area (Å²) in [6, 6.07) is 4.71. The number of aliphatic hydroxyl groups is 1. The van der Waals surface area contributed by atoms with Crippen LogP contribution in [0.3, 0.4) is 0 Å². The van der Waals surface area contributed by atoms with E-state index in [1.807, 2.05) is 0 Å². The van der Waals surface area contributed by atoms with Crippen molar-refractivity contribution in [3.63, 3.8) is 0 Å². The maximum Gasteiger partial charge on any atom is 0.142 e. The minimum absolute atomic E-state index is 0.199. The molecule has 0 bridgehead atoms. The average Bonchev–Trinajstić information content (AvgIpc) is 2.41. The summed E-state index contributed by atoms with van der Waals surface area (Å²) in [6.45, 7) is 1.99. The second kappa shape index (κ2) is 6.58. The molecule has 1 aliphatic rings. The molecule has 0 radical (unpaired) electrons. The highest BCUT2D eigenvalue weighted by atomic mass is 19.1. The number of hydrogen-bond acceptors (Lipinski definition) is 2. The van der Waals surface area contributed by atoms with E-state index in [9.17, 15) is 4.39 Å². The van der Waals surface area contributed by atoms with Crippen LogP contribution in [0.4, 0.5) is 4.39 Å². The van der Waals surface area contributed by atoms with Gasteiger partial charge in [-0.1, -0.05) is 18.8 Å². The largest absolute Gasteiger partial charge is 0.490 e. The van der Waals surface area contributed by atoms with Crippen LogP contribution in [0, 0.1) is 23.6 Å². The molecule has 1 N–H and O–H groups in total. The van der Waals surface area contributed by atoms with E-state index in [0.717, 1.165) is 18.8 Å². The fourth-order valence-corrected chi connectivity index (χ4v) is 2.35. The second-order valence-electron chi connectivity index (χ2n) is 5.10. The van der Waals surface area contributed by atoms with Crippen LogP contribution in [0.1, 0.15) is 38.2 Å². The first kappa shape index (κ1) is 13.9. The van der Waals surface area contributed by atoms with Crippen molar-refractivity contribution in [1.82, 2.24) is 0 Å². The van der Waals surface area contributed by atoms with E-state index in [-0.39, 0.29) is 12.7 Å². The third-order valence-electron chi connectivity index (χ3n) is 3.51. The molecule has 0 aromatic heterocycles. The van der Waals surface area contributed by atoms with Crippen molar-refractivity contribution in [2.75, 3.05) is 6.61 Å². The van der Waals surface area contributed by atoms with Crippen LogP contribution in [-0.4, -0.2) is 17.8 Å². The minimum Gasteiger partial charge on any atom is -0.490 e. The van der Waals surface area contributed by atoms with Crippen molar-refractivity contribution >= 4 is 0 Å². The highest BCUT2D eigenvalue weighted by Gasteiger charge is 2.19. The Hall–Kier alpha value is -1.53. The second-order valence-corrected chi connectivity index (χ2v) is 5.10. The molecule has 2 rings (SSSR count). The Balaban J connectivity index is 2.00. The fourth-order valence-electron chi connectivity index (χ4n) is 2.35. The van der Waals surface area contributed by atoms with Crippen molar-refractivity contribution in [3.05, 3.63) is 29.6 Å². The predicted molar refractivity (Wildman–Crippen MR) is 72.4 cm³/mol. The number of halogens is 1. The van der Waals surface area contributed by atoms with Crippen molar-refractivity contribution in [2.45, 2.75) is 38.7 Å². The van der Waals surface area contributed by atoms with Crippen LogP contribution < -0.4 is 4.74 Å². The zero-order valence-corrected chi connectivity index (χ0v) is 11.2. The van der Waals surface area contributed by atoms with Gasteiger partial charge in [0.15, 0.2) is 0 Å². The zero-order valence-electron chi connectivity index (χ0n) is 11.2. The van der Waals surface area contributed by atoms with Gasteiger partial charge in [-0.3, -0.25) is 0 Å². The molecule has 2 nitrogen and oxygen atoms in total. The standard InChI is InChI=1S/C16H19FO2/c1-12-4-7-14(8-5-12)19-15-9-6-13(3-2-10-18)16(17)11-15/h6,9,11-12,14,18H,4-5,7-8,10H2,1H3. The average molecular weight is 262 g/mol. The van der Waals surface area contributed by atoms with Gasteiger partial charge >= 0.3 is 0 Å². The van der Waals surface area contributed by atoms with Crippen molar-refractivity contribution in [3.8, 4) is 17.6 Å². The Kier molecular flexibility index (Phi) is 4.81. The molecule has 0 saturated heterocycles. The van der Waals surface area contributed by atoms with Gasteiger partial charge in [0.25, 0.3) is 0 Å². The molecule has 1 aromatic carbocycles. The Morgan fingerprint density at radius 2 is 2.05 bits per heavy atom. The lowest BCUT2D eigenvalue weighted by molar-refractivity contribution is 0.135. The molecule has 102 valence electrons. The maximum atomic E-state index is 13.7. The molecular weight excluding hydrogens is 243 g/mol. The normalized spacial score (nSPS) is 22.5. The third kappa shape index (κ3) is 3.97. The van der Waals surface area contributed by atoms with Gasteiger partial charge in [0.2, 0.25) is 0 Å². The molecular formula is C16H19FO2. The zero-order chi connectivity index (χ0) is 13.7. The molecule has 3 heteroatoms. The van der Waals surface area contributed by atoms with Crippen LogP contribution in [0.5, 0.6) is 5.75 Å². The first-order valence-electron chi connectivity index (χ1n) is 6.75. The van der Waals surface area contributed by atoms with Crippen LogP contribution in [0.2, 0.25) is 0 Å². The monoisotopic (exact) mass is 262 g/mol. The van der Waals surface area contributed by atoms with Crippen molar-refractivity contribution in [2.24, 2.45) is 5.92 Å². The lowest BCUT2D eigenvalue weighted by Crippen LogP contribution is -2.23. The molecule has 1 aliphatic carbocycles. The van der Waals surface area contributed by atoms with E-state index in [4.69, 9.17) is 9.84 Å². The number of rotatable bonds is 2. The SMILES string of the molecule is CC1CCC(Oc2ccc(C#CCO)c(F)c2)CC1. The minimum atomic E-state index is -0.400. The van der Waals surface area contributed by atoms with E-state index in [1.54, 1.807) is 12.1 Å². The third-order valence-corrected chi connectivity index (χ3v) is 3.51. The molecule has 0 amide bonds. The van der Waals surface area contributed by atoms with Gasteiger partial charge in [0.1, 0.15) is 18.2 Å². The molecule has 0 spiro atoms. The van der Waals surface area contributed by atoms with Gasteiger partial charge in [-0.05, 0) is 43.7 Å². The molecule has 0 atom stereocenters. The Bertz CT molecular complexity index is 479. The van der Waals surface area contributed by atoms with Crippen LogP contribution in [-0.2, 0) is 0 Å². The molecule has 0 unspecified atom stereocenters. The molecule has 0 aliphatic heterocycles. The highest BCUT2D eigenvalue weighted by Crippen LogP contribution is 2.27. The Morgan fingerprint density at radius 1 is 1.32 bits per heavy atom. The van der Waals surface area contributed by atoms with Crippen LogP contribution in [0.15, 0.2) is 18.2 Å². The van der Waals surface area contributed by atoms with E-state index < -0.39 is 5.82 Å². The summed E-state index contributed by atoms with van der Waals surface area (Å²) in [5.74, 6) is 5.94. The van der Waals surface area contributed by atoms with Crippen LogP contribution in [0.25, 0.3) is 0 Å². The van der Waals surface area contributed by atoms with Gasteiger partial charge in [-0.25, -0.2) is 4.39 Å². The molecule has 1 fully saturated rings. The van der Waals surface area contributed by atoms with Gasteiger partial charge in [0, 0.05) is 6.07 Å². The quantitative estimate of drug-likeness (QED) is 0.830. The van der Waals surface area contributed by atoms with E-state index in [0.29, 0.717) is 11.3 Å².